The number of benzene rings is 2. The molecule has 2 amide bonds. The Morgan fingerprint density at radius 1 is 0.917 bits per heavy atom. The van der Waals surface area contributed by atoms with Crippen LogP contribution in [0.3, 0.4) is 0 Å². The van der Waals surface area contributed by atoms with Gasteiger partial charge in [-0.1, -0.05) is 42.0 Å². The summed E-state index contributed by atoms with van der Waals surface area (Å²) in [5.41, 5.74) is 7.24. The molecule has 2 atom stereocenters. The molecule has 0 radical (unpaired) electrons. The number of amides is 2. The number of allylic oxidation sites excluding steroid dienone is 1. The lowest BCUT2D eigenvalue weighted by Crippen LogP contribution is -2.58. The summed E-state index contributed by atoms with van der Waals surface area (Å²) < 4.78 is 41.1. The molecule has 2 saturated carbocycles. The van der Waals surface area contributed by atoms with Crippen LogP contribution < -0.4 is 10.2 Å². The largest absolute Gasteiger partial charge is 0.367 e. The van der Waals surface area contributed by atoms with E-state index in [2.05, 4.69) is 39.3 Å². The Balaban J connectivity index is 0.982. The van der Waals surface area contributed by atoms with Gasteiger partial charge in [-0.3, -0.25) is 14.6 Å². The zero-order chi connectivity index (χ0) is 33.6. The van der Waals surface area contributed by atoms with Crippen LogP contribution in [0.25, 0.3) is 5.57 Å². The fourth-order valence-electron chi connectivity index (χ4n) is 8.17. The van der Waals surface area contributed by atoms with Crippen LogP contribution in [0.1, 0.15) is 72.1 Å². The molecule has 7 rings (SSSR count). The second-order valence-corrected chi connectivity index (χ2v) is 14.4. The number of piperazine rings is 1. The molecule has 4 aliphatic rings. The normalized spacial score (nSPS) is 22.2. The van der Waals surface area contributed by atoms with Crippen LogP contribution in [-0.4, -0.2) is 78.8 Å². The predicted molar refractivity (Wildman–Crippen MR) is 179 cm³/mol. The molecule has 2 saturated heterocycles. The SMILES string of the molecule is C[C@@H](NC(=O)c1cncc(N2CCN(C(=O)C3CCC(F)(F)C3)CC2)c1)c1ccc(C(=C2CC3(C2)CN(C)C3)c2ccc(F)cc2)cc1. The number of hydrogen-bond acceptors (Lipinski definition) is 5. The van der Waals surface area contributed by atoms with Crippen LogP contribution in [0.15, 0.2) is 72.6 Å². The third-order valence-electron chi connectivity index (χ3n) is 10.6. The predicted octanol–water partition coefficient (Wildman–Crippen LogP) is 6.32. The van der Waals surface area contributed by atoms with Gasteiger partial charge in [0.05, 0.1) is 23.5 Å². The Bertz CT molecular complexity index is 1700. The second-order valence-electron chi connectivity index (χ2n) is 14.4. The molecule has 1 spiro atoms. The van der Waals surface area contributed by atoms with Gasteiger partial charge >= 0.3 is 0 Å². The molecular weight excluding hydrogens is 615 g/mol. The highest BCUT2D eigenvalue weighted by Crippen LogP contribution is 2.54. The van der Waals surface area contributed by atoms with Crippen molar-refractivity contribution in [2.75, 3.05) is 51.2 Å². The van der Waals surface area contributed by atoms with Gasteiger partial charge in [-0.25, -0.2) is 13.2 Å². The summed E-state index contributed by atoms with van der Waals surface area (Å²) in [5.74, 6) is -4.01. The summed E-state index contributed by atoms with van der Waals surface area (Å²) in [7, 11) is 2.15. The number of nitrogens with one attached hydrogen (secondary N) is 1. The quantitative estimate of drug-likeness (QED) is 0.322. The van der Waals surface area contributed by atoms with Crippen molar-refractivity contribution >= 4 is 23.1 Å². The van der Waals surface area contributed by atoms with Crippen LogP contribution >= 0.6 is 0 Å². The van der Waals surface area contributed by atoms with E-state index in [-0.39, 0.29) is 42.9 Å². The van der Waals surface area contributed by atoms with Gasteiger partial charge in [0.25, 0.3) is 5.91 Å². The van der Waals surface area contributed by atoms with Crippen LogP contribution in [-0.2, 0) is 4.79 Å². The lowest BCUT2D eigenvalue weighted by molar-refractivity contribution is -0.136. The third kappa shape index (κ3) is 6.59. The van der Waals surface area contributed by atoms with Gasteiger partial charge in [-0.2, -0.15) is 0 Å². The number of halogens is 3. The van der Waals surface area contributed by atoms with Crippen LogP contribution in [0, 0.1) is 17.2 Å². The van der Waals surface area contributed by atoms with Gasteiger partial charge in [0.15, 0.2) is 0 Å². The maximum absolute atomic E-state index is 13.8. The molecule has 7 nitrogen and oxygen atoms in total. The highest BCUT2D eigenvalue weighted by atomic mass is 19.3. The van der Waals surface area contributed by atoms with Crippen LogP contribution in [0.2, 0.25) is 0 Å². The number of pyridine rings is 1. The number of aromatic nitrogens is 1. The molecule has 4 fully saturated rings. The van der Waals surface area contributed by atoms with E-state index in [0.717, 1.165) is 48.3 Å². The first-order chi connectivity index (χ1) is 23.0. The molecule has 3 aromatic rings. The molecule has 10 heteroatoms. The maximum atomic E-state index is 13.8. The molecule has 2 aliphatic carbocycles. The number of likely N-dealkylation sites (tertiary alicyclic amines) is 1. The number of hydrogen-bond donors (Lipinski definition) is 1. The minimum atomic E-state index is -2.74. The van der Waals surface area contributed by atoms with Gasteiger partial charge in [-0.15, -0.1) is 0 Å². The molecule has 252 valence electrons. The summed E-state index contributed by atoms with van der Waals surface area (Å²) in [5, 5.41) is 3.09. The molecule has 2 aliphatic heterocycles. The summed E-state index contributed by atoms with van der Waals surface area (Å²) in [6, 6.07) is 16.5. The van der Waals surface area contributed by atoms with Gasteiger partial charge in [0, 0.05) is 69.6 Å². The van der Waals surface area contributed by atoms with Crippen molar-refractivity contribution in [2.24, 2.45) is 11.3 Å². The molecule has 48 heavy (non-hydrogen) atoms. The van der Waals surface area contributed by atoms with E-state index in [1.165, 1.54) is 23.3 Å². The third-order valence-corrected chi connectivity index (χ3v) is 10.6. The van der Waals surface area contributed by atoms with Crippen molar-refractivity contribution in [2.45, 2.75) is 51.0 Å². The van der Waals surface area contributed by atoms with Crippen molar-refractivity contribution in [3.63, 3.8) is 0 Å². The molecule has 2 aromatic carbocycles. The summed E-state index contributed by atoms with van der Waals surface area (Å²) >= 11 is 0. The van der Waals surface area contributed by atoms with E-state index in [4.69, 9.17) is 0 Å². The van der Waals surface area contributed by atoms with Crippen molar-refractivity contribution in [3.8, 4) is 0 Å². The zero-order valence-corrected chi connectivity index (χ0v) is 27.5. The highest BCUT2D eigenvalue weighted by molar-refractivity contribution is 5.95. The first-order valence-corrected chi connectivity index (χ1v) is 16.9. The number of anilines is 1. The van der Waals surface area contributed by atoms with Crippen molar-refractivity contribution in [3.05, 3.63) is 101 Å². The topological polar surface area (TPSA) is 68.8 Å². The van der Waals surface area contributed by atoms with Crippen LogP contribution in [0.4, 0.5) is 18.9 Å². The Morgan fingerprint density at radius 2 is 1.56 bits per heavy atom. The Morgan fingerprint density at radius 3 is 2.17 bits per heavy atom. The van der Waals surface area contributed by atoms with Crippen LogP contribution in [0.5, 0.6) is 0 Å². The average molecular weight is 658 g/mol. The zero-order valence-electron chi connectivity index (χ0n) is 27.5. The Kier molecular flexibility index (Phi) is 8.56. The Hall–Kier alpha value is -4.18. The smallest absolute Gasteiger partial charge is 0.253 e. The average Bonchev–Trinajstić information content (AvgIpc) is 3.43. The standard InChI is InChI=1S/C38H42F3N5O2/c1-25(26-3-5-27(6-4-26)34(28-7-9-32(39)10-8-28)31-18-37(19-31)23-44(2)24-37)43-35(47)30-17-33(22-42-21-30)45-13-15-46(16-14-45)36(48)29-11-12-38(40,41)20-29/h3-10,17,21-22,25,29H,11-16,18-20,23-24H2,1-2H3,(H,43,47)/t25-,29?/m1/s1. The molecule has 1 aromatic heterocycles. The monoisotopic (exact) mass is 657 g/mol. The molecule has 0 bridgehead atoms. The van der Waals surface area contributed by atoms with E-state index >= 15 is 0 Å². The maximum Gasteiger partial charge on any atom is 0.253 e. The molecule has 3 heterocycles. The highest BCUT2D eigenvalue weighted by Gasteiger charge is 2.49. The minimum absolute atomic E-state index is 0.179. The van der Waals surface area contributed by atoms with Gasteiger partial charge < -0.3 is 20.0 Å². The van der Waals surface area contributed by atoms with Crippen molar-refractivity contribution in [1.82, 2.24) is 20.1 Å². The van der Waals surface area contributed by atoms with Crippen molar-refractivity contribution < 1.29 is 22.8 Å². The van der Waals surface area contributed by atoms with Gasteiger partial charge in [0.1, 0.15) is 5.82 Å². The van der Waals surface area contributed by atoms with E-state index in [9.17, 15) is 22.8 Å². The van der Waals surface area contributed by atoms with E-state index in [1.54, 1.807) is 23.4 Å². The minimum Gasteiger partial charge on any atom is -0.367 e. The number of alkyl halides is 2. The van der Waals surface area contributed by atoms with E-state index < -0.39 is 11.8 Å². The summed E-state index contributed by atoms with van der Waals surface area (Å²) in [6.45, 7) is 6.15. The lowest BCUT2D eigenvalue weighted by Gasteiger charge is -2.56. The van der Waals surface area contributed by atoms with E-state index in [0.29, 0.717) is 37.2 Å². The Labute approximate surface area is 279 Å². The fraction of sp³-hybridized carbons (Fsp3) is 0.447. The number of rotatable bonds is 7. The summed E-state index contributed by atoms with van der Waals surface area (Å²) in [4.78, 5) is 36.6. The number of carbonyl (C=O) groups is 2. The first kappa shape index (κ1) is 32.4. The molecular formula is C38H42F3N5O2. The van der Waals surface area contributed by atoms with Crippen molar-refractivity contribution in [1.29, 1.82) is 0 Å². The first-order valence-electron chi connectivity index (χ1n) is 16.9. The summed E-state index contributed by atoms with van der Waals surface area (Å²) in [6.07, 6.45) is 5.02. The van der Waals surface area contributed by atoms with Gasteiger partial charge in [0.2, 0.25) is 11.8 Å². The number of nitrogens with zero attached hydrogens (tertiary/aromatic N) is 4. The molecule has 1 unspecified atom stereocenters. The van der Waals surface area contributed by atoms with E-state index in [1.807, 2.05) is 31.2 Å². The van der Waals surface area contributed by atoms with Gasteiger partial charge in [-0.05, 0) is 73.7 Å². The number of carbonyl (C=O) groups excluding carboxylic acids is 2. The second kappa shape index (κ2) is 12.7. The lowest BCUT2D eigenvalue weighted by atomic mass is 9.59. The molecule has 1 N–H and O–H groups in total. The fourth-order valence-corrected chi connectivity index (χ4v) is 8.17.